The van der Waals surface area contributed by atoms with E-state index in [0.29, 0.717) is 0 Å². The number of aromatic amines is 4. The SMILES string of the molecule is CCC1(CC)c2c[nH]c(c2)C=Nc2cccc3cc4cccc(c4cc23)N=Cc2cc(c[nH]2)C(CC)(CC)c2c[nH]c(c2)C=Nc2cccc3cc4cccc(c4cc23)N=Cc2cc1c[nH]2. The average molecular weight is 861 g/mol. The van der Waals surface area contributed by atoms with Crippen molar-refractivity contribution in [3.63, 3.8) is 0 Å². The van der Waals surface area contributed by atoms with Crippen molar-refractivity contribution in [3.05, 3.63) is 191 Å². The smallest absolute Gasteiger partial charge is 0.0709 e. The summed E-state index contributed by atoms with van der Waals surface area (Å²) >= 11 is 0. The van der Waals surface area contributed by atoms with Gasteiger partial charge in [-0.05, 0) is 142 Å². The number of nitrogens with zero attached hydrogens (tertiary/aromatic N) is 4. The Bertz CT molecular complexity index is 3100. The Labute approximate surface area is 384 Å². The zero-order valence-electron chi connectivity index (χ0n) is 37.8. The largest absolute Gasteiger partial charge is 0.360 e. The maximum absolute atomic E-state index is 5.09. The normalized spacial score (nSPS) is 14.6. The molecule has 0 atom stereocenters. The molecule has 0 aliphatic carbocycles. The Morgan fingerprint density at radius 2 is 0.591 bits per heavy atom. The molecule has 8 heteroatoms. The summed E-state index contributed by atoms with van der Waals surface area (Å²) in [6, 6.07) is 43.3. The van der Waals surface area contributed by atoms with E-state index in [1.165, 1.54) is 22.3 Å². The maximum atomic E-state index is 5.09. The third kappa shape index (κ3) is 7.01. The van der Waals surface area contributed by atoms with Gasteiger partial charge in [0.15, 0.2) is 0 Å². The molecule has 0 saturated carbocycles. The third-order valence-corrected chi connectivity index (χ3v) is 14.5. The van der Waals surface area contributed by atoms with Crippen LogP contribution in [0.15, 0.2) is 166 Å². The van der Waals surface area contributed by atoms with Gasteiger partial charge in [0.25, 0.3) is 0 Å². The standard InChI is InChI=1S/C58H52N8/c1-5-57(6-2)41-23-45(59-29-41)33-63-53-17-9-13-37-21-39-15-11-19-55(51(39)27-49(37)53)65-35-47-25-43(31-61-47)58(7-3,8-4)44-26-48(62-32-44)36-66-56-20-12-16-40-22-38-14-10-18-54(50(38)28-52(40)56)64-34-46-24-42(57)30-60-46/h9-36,59-62H,5-8H2,1-4H3. The van der Waals surface area contributed by atoms with E-state index >= 15 is 0 Å². The molecule has 4 aromatic heterocycles. The molecular weight excluding hydrogens is 809 g/mol. The van der Waals surface area contributed by atoms with Gasteiger partial charge in [-0.1, -0.05) is 76.2 Å². The molecule has 8 nitrogen and oxygen atoms in total. The molecule has 0 fully saturated rings. The van der Waals surface area contributed by atoms with Gasteiger partial charge < -0.3 is 19.9 Å². The minimum atomic E-state index is -0.202. The Balaban J connectivity index is 1.05. The van der Waals surface area contributed by atoms with Crippen LogP contribution in [0.5, 0.6) is 0 Å². The van der Waals surface area contributed by atoms with Gasteiger partial charge in [0, 0.05) is 57.2 Å². The monoisotopic (exact) mass is 860 g/mol. The summed E-state index contributed by atoms with van der Waals surface area (Å²) < 4.78 is 0. The van der Waals surface area contributed by atoms with Crippen LogP contribution in [0.25, 0.3) is 43.1 Å². The Hall–Kier alpha value is -7.84. The number of rotatable bonds is 4. The first-order valence-corrected chi connectivity index (χ1v) is 23.2. The van der Waals surface area contributed by atoms with Crippen LogP contribution in [-0.4, -0.2) is 44.8 Å². The van der Waals surface area contributed by atoms with Gasteiger partial charge in [-0.3, -0.25) is 20.0 Å². The number of nitrogens with one attached hydrogen (secondary N) is 4. The second kappa shape index (κ2) is 16.6. The molecule has 324 valence electrons. The lowest BCUT2D eigenvalue weighted by Gasteiger charge is -2.30. The van der Waals surface area contributed by atoms with E-state index in [-0.39, 0.29) is 10.8 Å². The molecule has 0 saturated heterocycles. The van der Waals surface area contributed by atoms with Crippen LogP contribution in [0.3, 0.4) is 0 Å². The van der Waals surface area contributed by atoms with E-state index in [1.54, 1.807) is 0 Å². The number of H-pyrrole nitrogens is 4. The molecule has 12 bridgehead atoms. The summed E-state index contributed by atoms with van der Waals surface area (Å²) in [6.07, 6.45) is 20.1. The predicted octanol–water partition coefficient (Wildman–Crippen LogP) is 15.1. The minimum Gasteiger partial charge on any atom is -0.360 e. The number of aromatic nitrogens is 4. The van der Waals surface area contributed by atoms with Crippen molar-refractivity contribution in [2.24, 2.45) is 20.0 Å². The summed E-state index contributed by atoms with van der Waals surface area (Å²) in [5.41, 5.74) is 12.0. The van der Waals surface area contributed by atoms with Crippen LogP contribution in [0.2, 0.25) is 0 Å². The molecule has 0 radical (unpaired) electrons. The van der Waals surface area contributed by atoms with E-state index in [2.05, 4.69) is 194 Å². The minimum absolute atomic E-state index is 0.202. The van der Waals surface area contributed by atoms with E-state index in [0.717, 1.165) is 114 Å². The van der Waals surface area contributed by atoms with E-state index in [4.69, 9.17) is 20.0 Å². The highest BCUT2D eigenvalue weighted by atomic mass is 14.8. The Kier molecular flexibility index (Phi) is 10.3. The van der Waals surface area contributed by atoms with Gasteiger partial charge >= 0.3 is 0 Å². The van der Waals surface area contributed by atoms with Crippen LogP contribution in [0, 0.1) is 0 Å². The quantitative estimate of drug-likeness (QED) is 0.126. The fourth-order valence-corrected chi connectivity index (χ4v) is 10.6. The molecule has 1 aliphatic rings. The fourth-order valence-electron chi connectivity index (χ4n) is 10.6. The second-order valence-corrected chi connectivity index (χ2v) is 17.7. The van der Waals surface area contributed by atoms with Crippen LogP contribution in [0.1, 0.15) is 98.4 Å². The molecular formula is C58H52N8. The van der Waals surface area contributed by atoms with Gasteiger partial charge in [-0.15, -0.1) is 0 Å². The van der Waals surface area contributed by atoms with Gasteiger partial charge in [0.05, 0.1) is 70.4 Å². The molecule has 10 aromatic rings. The molecule has 11 rings (SSSR count). The highest BCUT2D eigenvalue weighted by molar-refractivity contribution is 6.09. The van der Waals surface area contributed by atoms with Crippen LogP contribution in [-0.2, 0) is 10.8 Å². The second-order valence-electron chi connectivity index (χ2n) is 17.7. The Morgan fingerprint density at radius 1 is 0.333 bits per heavy atom. The lowest BCUT2D eigenvalue weighted by Crippen LogP contribution is -2.24. The number of hydrogen-bond acceptors (Lipinski definition) is 4. The lowest BCUT2D eigenvalue weighted by atomic mass is 9.72. The summed E-state index contributed by atoms with van der Waals surface area (Å²) in [7, 11) is 0. The molecule has 0 unspecified atom stereocenters. The van der Waals surface area contributed by atoms with Crippen molar-refractivity contribution >= 4 is 90.7 Å². The van der Waals surface area contributed by atoms with Gasteiger partial charge in [0.1, 0.15) is 0 Å². The first kappa shape index (κ1) is 40.9. The molecule has 1 aliphatic heterocycles. The summed E-state index contributed by atoms with van der Waals surface area (Å²) in [6.45, 7) is 9.08. The molecule has 6 aromatic carbocycles. The molecule has 5 heterocycles. The lowest BCUT2D eigenvalue weighted by molar-refractivity contribution is 0.479. The third-order valence-electron chi connectivity index (χ3n) is 14.5. The summed E-state index contributed by atoms with van der Waals surface area (Å²) in [5, 5.41) is 8.86. The summed E-state index contributed by atoms with van der Waals surface area (Å²) in [4.78, 5) is 34.5. The average Bonchev–Trinajstić information content (AvgIpc) is 4.21. The van der Waals surface area contributed by atoms with Gasteiger partial charge in [-0.2, -0.15) is 0 Å². The zero-order valence-corrected chi connectivity index (χ0v) is 37.8. The van der Waals surface area contributed by atoms with E-state index < -0.39 is 0 Å². The zero-order chi connectivity index (χ0) is 44.8. The first-order chi connectivity index (χ1) is 32.4. The number of aliphatic imine (C=N–C) groups is 4. The van der Waals surface area contributed by atoms with Gasteiger partial charge in [-0.25, -0.2) is 0 Å². The van der Waals surface area contributed by atoms with Crippen LogP contribution in [0.4, 0.5) is 22.7 Å². The molecule has 66 heavy (non-hydrogen) atoms. The topological polar surface area (TPSA) is 113 Å². The van der Waals surface area contributed by atoms with Crippen molar-refractivity contribution < 1.29 is 0 Å². The van der Waals surface area contributed by atoms with E-state index in [1.807, 2.05) is 24.9 Å². The van der Waals surface area contributed by atoms with Gasteiger partial charge in [0.2, 0.25) is 0 Å². The van der Waals surface area contributed by atoms with Crippen molar-refractivity contribution in [2.75, 3.05) is 0 Å². The number of hydrogen-bond donors (Lipinski definition) is 4. The maximum Gasteiger partial charge on any atom is 0.0709 e. The highest BCUT2D eigenvalue weighted by Gasteiger charge is 2.34. The predicted molar refractivity (Wildman–Crippen MR) is 278 cm³/mol. The highest BCUT2D eigenvalue weighted by Crippen LogP contribution is 2.42. The van der Waals surface area contributed by atoms with Crippen molar-refractivity contribution in [2.45, 2.75) is 64.2 Å². The van der Waals surface area contributed by atoms with Crippen molar-refractivity contribution in [1.29, 1.82) is 0 Å². The first-order valence-electron chi connectivity index (χ1n) is 23.2. The molecule has 0 spiro atoms. The fraction of sp³-hybridized carbons (Fsp3) is 0.172. The molecule has 0 amide bonds. The molecule has 4 N–H and O–H groups in total. The van der Waals surface area contributed by atoms with Crippen molar-refractivity contribution in [3.8, 4) is 0 Å². The van der Waals surface area contributed by atoms with Crippen molar-refractivity contribution in [1.82, 2.24) is 19.9 Å². The van der Waals surface area contributed by atoms with E-state index in [9.17, 15) is 0 Å². The Morgan fingerprint density at radius 3 is 0.833 bits per heavy atom. The summed E-state index contributed by atoms with van der Waals surface area (Å²) in [5.74, 6) is 0. The number of benzene rings is 6. The van der Waals surface area contributed by atoms with Crippen LogP contribution < -0.4 is 0 Å². The van der Waals surface area contributed by atoms with Crippen LogP contribution >= 0.6 is 0 Å². The number of fused-ring (bicyclic) bond motifs is 8.